The van der Waals surface area contributed by atoms with Crippen LogP contribution >= 0.6 is 0 Å². The summed E-state index contributed by atoms with van der Waals surface area (Å²) < 4.78 is 0. The second-order valence-electron chi connectivity index (χ2n) is 9.04. The maximum Gasteiger partial charge on any atom is -0.0318 e. The molecule has 5 aliphatic carbocycles. The van der Waals surface area contributed by atoms with Gasteiger partial charge in [0.15, 0.2) is 0 Å². The second-order valence-corrected chi connectivity index (χ2v) is 9.04. The van der Waals surface area contributed by atoms with Crippen LogP contribution in [0.3, 0.4) is 0 Å². The molecule has 0 spiro atoms. The first-order valence-electron chi connectivity index (χ1n) is 9.40. The van der Waals surface area contributed by atoms with Gasteiger partial charge in [-0.05, 0) is 97.7 Å². The van der Waals surface area contributed by atoms with E-state index in [2.05, 4.69) is 26.0 Å². The first kappa shape index (κ1) is 12.3. The molecule has 0 heteroatoms. The fourth-order valence-corrected chi connectivity index (χ4v) is 8.03. The predicted molar refractivity (Wildman–Crippen MR) is 83.1 cm³/mol. The molecule has 5 rings (SSSR count). The highest BCUT2D eigenvalue weighted by Gasteiger charge is 2.66. The molecule has 10 atom stereocenters. The van der Waals surface area contributed by atoms with Crippen molar-refractivity contribution in [2.45, 2.75) is 52.4 Å². The van der Waals surface area contributed by atoms with Crippen molar-refractivity contribution in [3.63, 3.8) is 0 Å². The van der Waals surface area contributed by atoms with E-state index in [0.29, 0.717) is 0 Å². The molecule has 0 aromatic rings. The van der Waals surface area contributed by atoms with E-state index in [4.69, 9.17) is 0 Å². The third-order valence-corrected chi connectivity index (χ3v) is 8.81. The van der Waals surface area contributed by atoms with Gasteiger partial charge >= 0.3 is 0 Å². The van der Waals surface area contributed by atoms with E-state index in [1.165, 1.54) is 31.1 Å². The molecule has 0 aromatic heterocycles. The number of fused-ring (bicyclic) bond motifs is 9. The van der Waals surface area contributed by atoms with Gasteiger partial charge in [0.1, 0.15) is 0 Å². The van der Waals surface area contributed by atoms with Gasteiger partial charge < -0.3 is 0 Å². The Morgan fingerprint density at radius 3 is 2.20 bits per heavy atom. The van der Waals surface area contributed by atoms with E-state index in [0.717, 1.165) is 47.3 Å². The molecular weight excluding hydrogens is 240 g/mol. The lowest BCUT2D eigenvalue weighted by Gasteiger charge is -2.45. The van der Waals surface area contributed by atoms with Crippen LogP contribution in [0, 0.1) is 59.2 Å². The minimum absolute atomic E-state index is 1.03. The van der Waals surface area contributed by atoms with E-state index in [9.17, 15) is 0 Å². The maximum absolute atomic E-state index is 2.58. The minimum Gasteiger partial charge on any atom is -0.0885 e. The van der Waals surface area contributed by atoms with Gasteiger partial charge in [0.2, 0.25) is 0 Å². The molecule has 0 nitrogen and oxygen atoms in total. The summed E-state index contributed by atoms with van der Waals surface area (Å²) in [5, 5.41) is 0. The largest absolute Gasteiger partial charge is 0.0885 e. The molecule has 110 valence electrons. The van der Waals surface area contributed by atoms with E-state index >= 15 is 0 Å². The lowest BCUT2D eigenvalue weighted by molar-refractivity contribution is 0.0279. The molecule has 0 heterocycles. The van der Waals surface area contributed by atoms with Gasteiger partial charge in [0.25, 0.3) is 0 Å². The summed E-state index contributed by atoms with van der Waals surface area (Å²) in [5.41, 5.74) is 0. The average Bonchev–Trinajstić information content (AvgIpc) is 3.20. The summed E-state index contributed by atoms with van der Waals surface area (Å²) in [6.45, 7) is 5.15. The smallest absolute Gasteiger partial charge is 0.0318 e. The highest BCUT2D eigenvalue weighted by molar-refractivity contribution is 5.14. The zero-order valence-corrected chi connectivity index (χ0v) is 13.2. The normalized spacial score (nSPS) is 63.1. The zero-order chi connectivity index (χ0) is 13.4. The average molecular weight is 270 g/mol. The van der Waals surface area contributed by atoms with Crippen molar-refractivity contribution in [2.75, 3.05) is 0 Å². The molecule has 0 aliphatic heterocycles. The Morgan fingerprint density at radius 1 is 0.700 bits per heavy atom. The van der Waals surface area contributed by atoms with Crippen LogP contribution in [0.4, 0.5) is 0 Å². The molecule has 10 unspecified atom stereocenters. The summed E-state index contributed by atoms with van der Waals surface area (Å²) >= 11 is 0. The molecule has 5 aliphatic rings. The quantitative estimate of drug-likeness (QED) is 0.456. The van der Waals surface area contributed by atoms with E-state index in [-0.39, 0.29) is 0 Å². The third-order valence-electron chi connectivity index (χ3n) is 8.81. The molecule has 0 aromatic carbocycles. The van der Waals surface area contributed by atoms with Crippen molar-refractivity contribution in [3.8, 4) is 0 Å². The highest BCUT2D eigenvalue weighted by atomic mass is 14.7. The zero-order valence-electron chi connectivity index (χ0n) is 13.2. The lowest BCUT2D eigenvalue weighted by atomic mass is 9.59. The first-order valence-corrected chi connectivity index (χ1v) is 9.40. The van der Waals surface area contributed by atoms with E-state index < -0.39 is 0 Å². The SMILES string of the molecule is CC1C(C)C2CC1C1C3CC(C4CC=CCC4)C(C3)C21. The van der Waals surface area contributed by atoms with Gasteiger partial charge in [-0.15, -0.1) is 0 Å². The van der Waals surface area contributed by atoms with Gasteiger partial charge in [-0.3, -0.25) is 0 Å². The molecule has 4 fully saturated rings. The van der Waals surface area contributed by atoms with Crippen LogP contribution in [0.2, 0.25) is 0 Å². The van der Waals surface area contributed by atoms with E-state index in [1.54, 1.807) is 19.3 Å². The summed E-state index contributed by atoms with van der Waals surface area (Å²) in [6.07, 6.45) is 14.1. The standard InChI is InChI=1S/C20H30/c1-11-12(2)16-10-15(11)19-14-8-17(18(9-14)20(16)19)13-6-4-3-5-7-13/h3-4,11-20H,5-10H2,1-2H3. The first-order chi connectivity index (χ1) is 9.75. The van der Waals surface area contributed by atoms with Gasteiger partial charge in [-0.1, -0.05) is 26.0 Å². The van der Waals surface area contributed by atoms with Gasteiger partial charge in [0, 0.05) is 0 Å². The van der Waals surface area contributed by atoms with E-state index in [1.807, 2.05) is 0 Å². The maximum atomic E-state index is 2.58. The summed E-state index contributed by atoms with van der Waals surface area (Å²) in [4.78, 5) is 0. The molecule has 4 bridgehead atoms. The number of hydrogen-bond donors (Lipinski definition) is 0. The molecule has 20 heavy (non-hydrogen) atoms. The lowest BCUT2D eigenvalue weighted by Crippen LogP contribution is -2.40. The molecule has 0 saturated heterocycles. The predicted octanol–water partition coefficient (Wildman–Crippen LogP) is 5.15. The Morgan fingerprint density at radius 2 is 1.45 bits per heavy atom. The molecule has 4 saturated carbocycles. The van der Waals surface area contributed by atoms with Crippen LogP contribution < -0.4 is 0 Å². The van der Waals surface area contributed by atoms with Crippen LogP contribution in [0.15, 0.2) is 12.2 Å². The molecule has 0 amide bonds. The van der Waals surface area contributed by atoms with Crippen molar-refractivity contribution in [1.29, 1.82) is 0 Å². The van der Waals surface area contributed by atoms with Crippen molar-refractivity contribution >= 4 is 0 Å². The topological polar surface area (TPSA) is 0 Å². The number of rotatable bonds is 1. The third kappa shape index (κ3) is 1.39. The van der Waals surface area contributed by atoms with Crippen molar-refractivity contribution in [1.82, 2.24) is 0 Å². The van der Waals surface area contributed by atoms with Gasteiger partial charge in [-0.25, -0.2) is 0 Å². The van der Waals surface area contributed by atoms with Crippen molar-refractivity contribution in [3.05, 3.63) is 12.2 Å². The fraction of sp³-hybridized carbons (Fsp3) is 0.900. The van der Waals surface area contributed by atoms with Gasteiger partial charge in [-0.2, -0.15) is 0 Å². The Kier molecular flexibility index (Phi) is 2.55. The van der Waals surface area contributed by atoms with Crippen molar-refractivity contribution < 1.29 is 0 Å². The second kappa shape index (κ2) is 4.14. The highest BCUT2D eigenvalue weighted by Crippen LogP contribution is 2.72. The number of hydrogen-bond acceptors (Lipinski definition) is 0. The Bertz CT molecular complexity index is 435. The summed E-state index contributed by atoms with van der Waals surface area (Å²) in [7, 11) is 0. The summed E-state index contributed by atoms with van der Waals surface area (Å²) in [5.74, 6) is 11.1. The monoisotopic (exact) mass is 270 g/mol. The van der Waals surface area contributed by atoms with Crippen LogP contribution in [-0.2, 0) is 0 Å². The Hall–Kier alpha value is -0.260. The van der Waals surface area contributed by atoms with Crippen molar-refractivity contribution in [2.24, 2.45) is 59.2 Å². The Balaban J connectivity index is 1.42. The molecular formula is C20H30. The molecule has 0 N–H and O–H groups in total. The summed E-state index contributed by atoms with van der Waals surface area (Å²) in [6, 6.07) is 0. The van der Waals surface area contributed by atoms with Crippen LogP contribution in [-0.4, -0.2) is 0 Å². The van der Waals surface area contributed by atoms with Gasteiger partial charge in [0.05, 0.1) is 0 Å². The minimum atomic E-state index is 1.03. The Labute approximate surface area is 124 Å². The van der Waals surface area contributed by atoms with Crippen LogP contribution in [0.1, 0.15) is 52.4 Å². The fourth-order valence-electron chi connectivity index (χ4n) is 8.03. The number of allylic oxidation sites excluding steroid dienone is 2. The van der Waals surface area contributed by atoms with Crippen LogP contribution in [0.5, 0.6) is 0 Å². The molecule has 0 radical (unpaired) electrons. The van der Waals surface area contributed by atoms with Crippen LogP contribution in [0.25, 0.3) is 0 Å².